The lowest BCUT2D eigenvalue weighted by molar-refractivity contribution is -0.660. The lowest BCUT2D eigenvalue weighted by atomic mass is 10.00. The Balaban J connectivity index is 0.0000000984. The van der Waals surface area contributed by atoms with Gasteiger partial charge < -0.3 is 17.7 Å². The molecule has 9 heterocycles. The molecule has 498 valence electrons. The molecule has 12 heteroatoms. The summed E-state index contributed by atoms with van der Waals surface area (Å²) in [6.45, 7) is 8.55. The first-order valence-electron chi connectivity index (χ1n) is 34.8. The van der Waals surface area contributed by atoms with Crippen LogP contribution in [0.2, 0.25) is 0 Å². The fourth-order valence-electron chi connectivity index (χ4n) is 15.9. The first kappa shape index (κ1) is 62.7. The fraction of sp³-hybridized carbons (Fsp3) is 0.110. The SMILES string of the molecule is Cc1ccc2c(oc3ccc4ccccc4c32)c1-c1n(C)c2ccccc2[n+]1C.Cc1ccc2c(oc3ccc4ccccc4c32)c1-c1n(C)cc[n+]1C.Cc1ccc2c(oc3ccc4ccccc4c32)c1-c1scc[n+]1C.Cc1cnc2c(oc3ccc4ccccc4c32)c1-c1cccc[n+]1C. The van der Waals surface area contributed by atoms with Crippen molar-refractivity contribution in [1.29, 1.82) is 0 Å². The molecule has 21 aromatic rings. The van der Waals surface area contributed by atoms with Gasteiger partial charge in [-0.1, -0.05) is 181 Å². The third kappa shape index (κ3) is 10.1. The average Bonchev–Trinajstić information content (AvgIpc) is 1.61. The summed E-state index contributed by atoms with van der Waals surface area (Å²) in [7, 11) is 12.6. The lowest BCUT2D eigenvalue weighted by Gasteiger charge is -2.05. The molecule has 0 bridgehead atoms. The van der Waals surface area contributed by atoms with Gasteiger partial charge in [0.25, 0.3) is 16.7 Å². The largest absolute Gasteiger partial charge is 0.455 e. The lowest BCUT2D eigenvalue weighted by Crippen LogP contribution is -2.30. The number of pyridine rings is 2. The molecular formula is C91H73N7O4S+4. The number of aryl methyl sites for hydroxylation is 10. The van der Waals surface area contributed by atoms with Crippen molar-refractivity contribution in [3.8, 4) is 44.6 Å². The van der Waals surface area contributed by atoms with Crippen molar-refractivity contribution in [2.75, 3.05) is 0 Å². The van der Waals surface area contributed by atoms with Gasteiger partial charge in [-0.05, 0) is 136 Å². The van der Waals surface area contributed by atoms with Crippen LogP contribution in [0.4, 0.5) is 0 Å². The van der Waals surface area contributed by atoms with Gasteiger partial charge in [-0.25, -0.2) is 22.8 Å². The summed E-state index contributed by atoms with van der Waals surface area (Å²) in [4.78, 5) is 4.73. The van der Waals surface area contributed by atoms with E-state index in [1.807, 2.05) is 18.3 Å². The van der Waals surface area contributed by atoms with Crippen LogP contribution in [0.5, 0.6) is 0 Å². The van der Waals surface area contributed by atoms with E-state index in [0.29, 0.717) is 0 Å². The Morgan fingerprint density at radius 1 is 0.359 bits per heavy atom. The van der Waals surface area contributed by atoms with Crippen LogP contribution < -0.4 is 18.3 Å². The van der Waals surface area contributed by atoms with E-state index in [4.69, 9.17) is 22.7 Å². The number of benzene rings is 12. The van der Waals surface area contributed by atoms with Crippen molar-refractivity contribution in [2.45, 2.75) is 27.7 Å². The van der Waals surface area contributed by atoms with Crippen molar-refractivity contribution >= 4 is 153 Å². The summed E-state index contributed by atoms with van der Waals surface area (Å²) in [6.07, 6.45) is 10.2. The van der Waals surface area contributed by atoms with Gasteiger partial charge in [0, 0.05) is 50.6 Å². The number of fused-ring (bicyclic) bond motifs is 21. The second kappa shape index (κ2) is 24.7. The molecule has 0 amide bonds. The third-order valence-corrected chi connectivity index (χ3v) is 21.9. The molecule has 0 atom stereocenters. The average molecular weight is 1360 g/mol. The second-order valence-electron chi connectivity index (χ2n) is 27.2. The third-order valence-electron chi connectivity index (χ3n) is 21.0. The molecule has 0 unspecified atom stereocenters. The Morgan fingerprint density at radius 2 is 0.806 bits per heavy atom. The van der Waals surface area contributed by atoms with Gasteiger partial charge in [0.15, 0.2) is 45.8 Å². The van der Waals surface area contributed by atoms with Crippen LogP contribution in [-0.4, -0.2) is 14.1 Å². The van der Waals surface area contributed by atoms with Gasteiger partial charge >= 0.3 is 0 Å². The molecule has 0 N–H and O–H groups in total. The standard InChI is InChI=1S/C26H21N2O.C22H19N2O.C22H17N2O.C21H16NOS/c1-16-12-14-19-24-18-9-5-4-8-17(18)13-15-22(24)29-25(19)23(16)26-27(2)20-10-6-7-11-21(20)28(26)3;1-14-8-10-17-20-16-7-5-4-6-15(16)9-11-18(20)25-21(17)19(14)22-23(2)12-13-24(22)3;1-14-13-23-21-20-16-8-4-3-7-15(16)10-11-18(20)25-22(21)19(14)17-9-5-6-12-24(17)2;1-13-7-9-16-19-15-6-4-3-5-14(15)8-10-17(19)23-20(16)18(13)21-22(2)11-12-24-21/h4-15H,1-3H3;4-13H,1-3H3;3-13H,1-2H3;3-12H,1-2H3/q4*+1. The van der Waals surface area contributed by atoms with E-state index >= 15 is 0 Å². The van der Waals surface area contributed by atoms with E-state index in [1.54, 1.807) is 11.3 Å². The Kier molecular flexibility index (Phi) is 15.0. The molecule has 0 spiro atoms. The zero-order chi connectivity index (χ0) is 70.1. The first-order valence-corrected chi connectivity index (χ1v) is 35.7. The highest BCUT2D eigenvalue weighted by atomic mass is 32.1. The first-order chi connectivity index (χ1) is 50.3. The molecule has 12 aromatic carbocycles. The van der Waals surface area contributed by atoms with Gasteiger partial charge in [0.05, 0.1) is 44.5 Å². The maximum Gasteiger partial charge on any atom is 0.293 e. The highest BCUT2D eigenvalue weighted by molar-refractivity contribution is 7.12. The Hall–Kier alpha value is -12.5. The van der Waals surface area contributed by atoms with Gasteiger partial charge in [0.1, 0.15) is 71.0 Å². The van der Waals surface area contributed by atoms with E-state index in [2.05, 4.69) is 340 Å². The van der Waals surface area contributed by atoms with Crippen molar-refractivity contribution < 1.29 is 35.9 Å². The van der Waals surface area contributed by atoms with E-state index in [-0.39, 0.29) is 0 Å². The molecule has 0 saturated heterocycles. The highest BCUT2D eigenvalue weighted by Gasteiger charge is 2.30. The topological polar surface area (TPSA) is 90.8 Å². The zero-order valence-electron chi connectivity index (χ0n) is 59.0. The van der Waals surface area contributed by atoms with Crippen molar-refractivity contribution in [3.63, 3.8) is 0 Å². The molecule has 21 rings (SSSR count). The molecule has 0 saturated carbocycles. The number of nitrogens with zero attached hydrogens (tertiary/aromatic N) is 7. The van der Waals surface area contributed by atoms with Crippen molar-refractivity contribution in [3.05, 3.63) is 283 Å². The fourth-order valence-corrected chi connectivity index (χ4v) is 16.9. The minimum Gasteiger partial charge on any atom is -0.455 e. The number of furan rings is 4. The number of aromatic nitrogens is 7. The quantitative estimate of drug-likeness (QED) is 0.164. The molecule has 0 aliphatic heterocycles. The van der Waals surface area contributed by atoms with E-state index in [0.717, 1.165) is 95.2 Å². The summed E-state index contributed by atoms with van der Waals surface area (Å²) in [5, 5.41) is 21.4. The van der Waals surface area contributed by atoms with Crippen LogP contribution in [0.25, 0.3) is 187 Å². The van der Waals surface area contributed by atoms with Gasteiger partial charge in [-0.3, -0.25) is 4.98 Å². The molecule has 0 aliphatic carbocycles. The van der Waals surface area contributed by atoms with Crippen LogP contribution >= 0.6 is 11.3 Å². The normalized spacial score (nSPS) is 11.8. The van der Waals surface area contributed by atoms with Crippen LogP contribution in [0.3, 0.4) is 0 Å². The van der Waals surface area contributed by atoms with Crippen LogP contribution in [0, 0.1) is 27.7 Å². The Labute approximate surface area is 597 Å². The van der Waals surface area contributed by atoms with Crippen LogP contribution in [0.15, 0.2) is 278 Å². The van der Waals surface area contributed by atoms with Crippen molar-refractivity contribution in [2.24, 2.45) is 42.3 Å². The van der Waals surface area contributed by atoms with Crippen LogP contribution in [-0.2, 0) is 42.3 Å². The monoisotopic (exact) mass is 1360 g/mol. The molecule has 0 aliphatic rings. The number of rotatable bonds is 4. The molecule has 9 aromatic heterocycles. The number of hydrogen-bond donors (Lipinski definition) is 0. The minimum atomic E-state index is 0.855. The van der Waals surface area contributed by atoms with Gasteiger partial charge in [-0.15, -0.1) is 0 Å². The predicted octanol–water partition coefficient (Wildman–Crippen LogP) is 21.4. The van der Waals surface area contributed by atoms with Crippen LogP contribution in [0.1, 0.15) is 22.3 Å². The van der Waals surface area contributed by atoms with Gasteiger partial charge in [0.2, 0.25) is 5.69 Å². The van der Waals surface area contributed by atoms with E-state index in [9.17, 15) is 0 Å². The van der Waals surface area contributed by atoms with E-state index < -0.39 is 0 Å². The Morgan fingerprint density at radius 3 is 1.29 bits per heavy atom. The number of imidazole rings is 2. The summed E-state index contributed by atoms with van der Waals surface area (Å²) in [5.41, 5.74) is 21.3. The molecule has 0 fully saturated rings. The number of para-hydroxylation sites is 2. The molecule has 103 heavy (non-hydrogen) atoms. The smallest absolute Gasteiger partial charge is 0.293 e. The summed E-state index contributed by atoms with van der Waals surface area (Å²) in [5.74, 6) is 2.30. The number of thiazole rings is 1. The summed E-state index contributed by atoms with van der Waals surface area (Å²) < 4.78 is 38.6. The summed E-state index contributed by atoms with van der Waals surface area (Å²) in [6, 6.07) is 78.7. The van der Waals surface area contributed by atoms with E-state index in [1.165, 1.54) is 114 Å². The zero-order valence-corrected chi connectivity index (χ0v) is 59.8. The summed E-state index contributed by atoms with van der Waals surface area (Å²) >= 11 is 1.75. The molecule has 0 radical (unpaired) electrons. The second-order valence-corrected chi connectivity index (χ2v) is 28.1. The molecular weight excluding hydrogens is 1290 g/mol. The highest BCUT2D eigenvalue weighted by Crippen LogP contribution is 2.45. The predicted molar refractivity (Wildman–Crippen MR) is 421 cm³/mol. The maximum absolute atomic E-state index is 6.51. The maximum atomic E-state index is 6.51. The van der Waals surface area contributed by atoms with Gasteiger partial charge in [-0.2, -0.15) is 4.57 Å². The number of hydrogen-bond acceptors (Lipinski definition) is 6. The van der Waals surface area contributed by atoms with Crippen molar-refractivity contribution in [1.82, 2.24) is 14.1 Å². The minimum absolute atomic E-state index is 0.855. The molecule has 11 nitrogen and oxygen atoms in total. The Bertz CT molecular complexity index is 6970.